The van der Waals surface area contributed by atoms with E-state index in [4.69, 9.17) is 9.22 Å². The van der Waals surface area contributed by atoms with Gasteiger partial charge in [0, 0.05) is 10.2 Å². The number of halogens is 1. The third-order valence-corrected chi connectivity index (χ3v) is 4.32. The molecule has 0 amide bonds. The number of aliphatic hydroxyl groups is 1. The average molecular weight is 383 g/mol. The summed E-state index contributed by atoms with van der Waals surface area (Å²) in [6.07, 6.45) is 0.484. The SMILES string of the molecule is OC(c1ccccc1)C(CCCBr)OOSc1ccccc1. The smallest absolute Gasteiger partial charge is 0.124 e. The summed E-state index contributed by atoms with van der Waals surface area (Å²) in [5, 5.41) is 11.3. The Morgan fingerprint density at radius 1 is 1.00 bits per heavy atom. The van der Waals surface area contributed by atoms with Crippen molar-refractivity contribution < 1.29 is 14.3 Å². The van der Waals surface area contributed by atoms with Gasteiger partial charge < -0.3 is 5.11 Å². The van der Waals surface area contributed by atoms with E-state index in [-0.39, 0.29) is 0 Å². The second-order valence-electron chi connectivity index (χ2n) is 4.79. The van der Waals surface area contributed by atoms with E-state index < -0.39 is 12.2 Å². The van der Waals surface area contributed by atoms with E-state index in [1.165, 1.54) is 0 Å². The van der Waals surface area contributed by atoms with Gasteiger partial charge in [0.2, 0.25) is 0 Å². The molecule has 2 aromatic rings. The molecule has 0 bridgehead atoms. The highest BCUT2D eigenvalue weighted by molar-refractivity contribution is 9.09. The monoisotopic (exact) mass is 382 g/mol. The molecule has 3 nitrogen and oxygen atoms in total. The molecule has 0 fully saturated rings. The summed E-state index contributed by atoms with van der Waals surface area (Å²) < 4.78 is 5.26. The lowest BCUT2D eigenvalue weighted by atomic mass is 10.0. The fraction of sp³-hybridized carbons (Fsp3) is 0.294. The molecule has 0 saturated heterocycles. The van der Waals surface area contributed by atoms with E-state index in [0.29, 0.717) is 6.42 Å². The van der Waals surface area contributed by atoms with Crippen LogP contribution in [0.25, 0.3) is 0 Å². The molecule has 0 aliphatic heterocycles. The Balaban J connectivity index is 1.91. The minimum Gasteiger partial charge on any atom is -0.386 e. The van der Waals surface area contributed by atoms with Gasteiger partial charge in [-0.1, -0.05) is 64.5 Å². The molecule has 2 aromatic carbocycles. The zero-order valence-corrected chi connectivity index (χ0v) is 14.5. The Labute approximate surface area is 143 Å². The summed E-state index contributed by atoms with van der Waals surface area (Å²) in [6.45, 7) is 0. The van der Waals surface area contributed by atoms with Crippen LogP contribution in [0.3, 0.4) is 0 Å². The lowest BCUT2D eigenvalue weighted by molar-refractivity contribution is -0.257. The van der Waals surface area contributed by atoms with Crippen molar-refractivity contribution in [2.24, 2.45) is 0 Å². The maximum Gasteiger partial charge on any atom is 0.124 e. The normalized spacial score (nSPS) is 13.7. The van der Waals surface area contributed by atoms with Crippen LogP contribution in [0, 0.1) is 0 Å². The summed E-state index contributed by atoms with van der Waals surface area (Å²) in [5.41, 5.74) is 0.829. The topological polar surface area (TPSA) is 38.7 Å². The number of rotatable bonds is 9. The Morgan fingerprint density at radius 2 is 1.64 bits per heavy atom. The lowest BCUT2D eigenvalue weighted by Gasteiger charge is -2.21. The Kier molecular flexibility index (Phi) is 7.98. The van der Waals surface area contributed by atoms with Crippen LogP contribution in [-0.2, 0) is 9.22 Å². The van der Waals surface area contributed by atoms with Crippen molar-refractivity contribution in [2.75, 3.05) is 5.33 Å². The number of alkyl halides is 1. The maximum absolute atomic E-state index is 10.5. The number of hydrogen-bond donors (Lipinski definition) is 1. The summed E-state index contributed by atoms with van der Waals surface area (Å²) in [7, 11) is 0. The predicted molar refractivity (Wildman–Crippen MR) is 92.7 cm³/mol. The molecule has 5 heteroatoms. The first-order valence-electron chi connectivity index (χ1n) is 7.15. The van der Waals surface area contributed by atoms with E-state index in [9.17, 15) is 5.11 Å². The van der Waals surface area contributed by atoms with Crippen LogP contribution in [-0.4, -0.2) is 16.5 Å². The van der Waals surface area contributed by atoms with Gasteiger partial charge >= 0.3 is 0 Å². The van der Waals surface area contributed by atoms with Crippen LogP contribution in [0.5, 0.6) is 0 Å². The predicted octanol–water partition coefficient (Wildman–Crippen LogP) is 4.92. The second-order valence-corrected chi connectivity index (χ2v) is 6.35. The lowest BCUT2D eigenvalue weighted by Crippen LogP contribution is -2.22. The van der Waals surface area contributed by atoms with Gasteiger partial charge in [0.15, 0.2) is 0 Å². The van der Waals surface area contributed by atoms with E-state index in [1.54, 1.807) is 0 Å². The molecule has 1 N–H and O–H groups in total. The van der Waals surface area contributed by atoms with Crippen LogP contribution in [0.15, 0.2) is 65.6 Å². The minimum absolute atomic E-state index is 0.406. The van der Waals surface area contributed by atoms with Gasteiger partial charge in [0.25, 0.3) is 0 Å². The average Bonchev–Trinajstić information content (AvgIpc) is 2.59. The van der Waals surface area contributed by atoms with E-state index in [0.717, 1.165) is 34.3 Å². The van der Waals surface area contributed by atoms with Crippen molar-refractivity contribution in [1.29, 1.82) is 0 Å². The van der Waals surface area contributed by atoms with Gasteiger partial charge in [0.1, 0.15) is 12.2 Å². The number of benzene rings is 2. The number of aliphatic hydroxyl groups excluding tert-OH is 1. The standard InChI is InChI=1S/C17H19BrO3S/c18-13-7-12-16(17(19)14-8-3-1-4-9-14)20-21-22-15-10-5-2-6-11-15/h1-6,8-11,16-17,19H,7,12-13H2. The van der Waals surface area contributed by atoms with Crippen molar-refractivity contribution in [3.05, 3.63) is 66.2 Å². The largest absolute Gasteiger partial charge is 0.386 e. The molecule has 0 saturated carbocycles. The van der Waals surface area contributed by atoms with Crippen molar-refractivity contribution >= 4 is 28.0 Å². The first-order chi connectivity index (χ1) is 10.8. The third-order valence-electron chi connectivity index (χ3n) is 3.15. The highest BCUT2D eigenvalue weighted by atomic mass is 79.9. The zero-order chi connectivity index (χ0) is 15.6. The number of hydrogen-bond acceptors (Lipinski definition) is 4. The molecular weight excluding hydrogens is 364 g/mol. The maximum atomic E-state index is 10.5. The van der Waals surface area contributed by atoms with E-state index in [2.05, 4.69) is 15.9 Å². The Morgan fingerprint density at radius 3 is 2.27 bits per heavy atom. The molecule has 0 radical (unpaired) electrons. The van der Waals surface area contributed by atoms with E-state index >= 15 is 0 Å². The molecule has 2 rings (SSSR count). The Bertz CT molecular complexity index is 524. The molecule has 0 heterocycles. The second kappa shape index (κ2) is 10.0. The molecule has 0 aliphatic carbocycles. The molecule has 2 unspecified atom stereocenters. The van der Waals surface area contributed by atoms with Gasteiger partial charge in [-0.05, 0) is 30.5 Å². The molecule has 0 spiro atoms. The molecule has 0 aromatic heterocycles. The Hall–Kier alpha value is -0.850. The summed E-state index contributed by atoms with van der Waals surface area (Å²) in [5.74, 6) is 0. The van der Waals surface area contributed by atoms with Gasteiger partial charge in [-0.15, -0.1) is 0 Å². The molecule has 2 atom stereocenters. The van der Waals surface area contributed by atoms with Crippen molar-refractivity contribution in [3.8, 4) is 0 Å². The van der Waals surface area contributed by atoms with Crippen molar-refractivity contribution in [2.45, 2.75) is 29.9 Å². The third kappa shape index (κ3) is 5.74. The first kappa shape index (κ1) is 17.5. The quantitative estimate of drug-likeness (QED) is 0.289. The summed E-state index contributed by atoms with van der Waals surface area (Å²) >= 11 is 4.55. The van der Waals surface area contributed by atoms with Crippen LogP contribution < -0.4 is 0 Å². The highest BCUT2D eigenvalue weighted by Gasteiger charge is 2.22. The zero-order valence-electron chi connectivity index (χ0n) is 12.1. The molecule has 118 valence electrons. The highest BCUT2D eigenvalue weighted by Crippen LogP contribution is 2.26. The van der Waals surface area contributed by atoms with Gasteiger partial charge in [0.05, 0.1) is 12.0 Å². The molecular formula is C17H19BrO3S. The fourth-order valence-corrected chi connectivity index (χ4v) is 2.80. The van der Waals surface area contributed by atoms with Gasteiger partial charge in [-0.2, -0.15) is 4.33 Å². The minimum atomic E-state index is -0.711. The van der Waals surface area contributed by atoms with Gasteiger partial charge in [-0.3, -0.25) is 0 Å². The van der Waals surface area contributed by atoms with Crippen LogP contribution in [0.4, 0.5) is 0 Å². The first-order valence-corrected chi connectivity index (χ1v) is 9.01. The van der Waals surface area contributed by atoms with Crippen LogP contribution in [0.2, 0.25) is 0 Å². The van der Waals surface area contributed by atoms with Crippen LogP contribution in [0.1, 0.15) is 24.5 Å². The van der Waals surface area contributed by atoms with E-state index in [1.807, 2.05) is 60.7 Å². The van der Waals surface area contributed by atoms with Gasteiger partial charge in [-0.25, -0.2) is 4.89 Å². The molecule has 0 aliphatic rings. The summed E-state index contributed by atoms with van der Waals surface area (Å²) in [4.78, 5) is 6.41. The molecule has 22 heavy (non-hydrogen) atoms. The van der Waals surface area contributed by atoms with Crippen molar-refractivity contribution in [3.63, 3.8) is 0 Å². The van der Waals surface area contributed by atoms with Crippen molar-refractivity contribution in [1.82, 2.24) is 0 Å². The fourth-order valence-electron chi connectivity index (χ4n) is 1.99. The summed E-state index contributed by atoms with van der Waals surface area (Å²) in [6, 6.07) is 19.2. The van der Waals surface area contributed by atoms with Crippen LogP contribution >= 0.6 is 28.0 Å².